The molecule has 1 aliphatic heterocycles. The summed E-state index contributed by atoms with van der Waals surface area (Å²) < 4.78 is 49.8. The number of hydrogen-bond acceptors (Lipinski definition) is 4. The minimum atomic E-state index is -4.49. The van der Waals surface area contributed by atoms with E-state index in [1.165, 1.54) is 6.07 Å². The Morgan fingerprint density at radius 1 is 1.42 bits per heavy atom. The summed E-state index contributed by atoms with van der Waals surface area (Å²) >= 11 is 0. The fourth-order valence-corrected chi connectivity index (χ4v) is 2.53. The zero-order valence-corrected chi connectivity index (χ0v) is 14.6. The van der Waals surface area contributed by atoms with Gasteiger partial charge in [0.15, 0.2) is 0 Å². The molecule has 1 aliphatic rings. The SMILES string of the molecule is C=CCCOC(C)C(=O)Nc1cc(C(F)(F)F)ccc1N1CCOCC1. The van der Waals surface area contributed by atoms with Crippen LogP contribution in [-0.2, 0) is 20.4 Å². The van der Waals surface area contributed by atoms with Gasteiger partial charge < -0.3 is 19.7 Å². The highest BCUT2D eigenvalue weighted by Crippen LogP contribution is 2.35. The zero-order chi connectivity index (χ0) is 19.2. The van der Waals surface area contributed by atoms with Gasteiger partial charge in [0.05, 0.1) is 36.8 Å². The van der Waals surface area contributed by atoms with Crippen molar-refractivity contribution in [3.63, 3.8) is 0 Å². The number of alkyl halides is 3. The Bertz CT molecular complexity index is 629. The minimum absolute atomic E-state index is 0.117. The third kappa shape index (κ3) is 5.47. The van der Waals surface area contributed by atoms with E-state index in [0.29, 0.717) is 45.0 Å². The van der Waals surface area contributed by atoms with E-state index in [1.54, 1.807) is 13.0 Å². The average Bonchev–Trinajstić information content (AvgIpc) is 2.61. The van der Waals surface area contributed by atoms with Crippen molar-refractivity contribution in [2.75, 3.05) is 43.1 Å². The van der Waals surface area contributed by atoms with E-state index in [0.717, 1.165) is 12.1 Å². The van der Waals surface area contributed by atoms with E-state index in [4.69, 9.17) is 9.47 Å². The van der Waals surface area contributed by atoms with Gasteiger partial charge >= 0.3 is 6.18 Å². The van der Waals surface area contributed by atoms with Gasteiger partial charge in [-0.1, -0.05) is 6.08 Å². The van der Waals surface area contributed by atoms with Crippen molar-refractivity contribution in [1.82, 2.24) is 0 Å². The second kappa shape index (κ2) is 9.05. The molecule has 1 aromatic rings. The number of morpholine rings is 1. The second-order valence-corrected chi connectivity index (χ2v) is 5.91. The normalized spacial score (nSPS) is 16.2. The minimum Gasteiger partial charge on any atom is -0.378 e. The van der Waals surface area contributed by atoms with Gasteiger partial charge in [-0.3, -0.25) is 4.79 Å². The Morgan fingerprint density at radius 3 is 2.73 bits per heavy atom. The number of ether oxygens (including phenoxy) is 2. The Hall–Kier alpha value is -2.06. The largest absolute Gasteiger partial charge is 0.416 e. The summed E-state index contributed by atoms with van der Waals surface area (Å²) in [6.07, 6.45) is -3.04. The van der Waals surface area contributed by atoms with Crippen LogP contribution in [0.4, 0.5) is 24.5 Å². The smallest absolute Gasteiger partial charge is 0.378 e. The molecule has 0 bridgehead atoms. The summed E-state index contributed by atoms with van der Waals surface area (Å²) in [4.78, 5) is 14.2. The topological polar surface area (TPSA) is 50.8 Å². The van der Waals surface area contributed by atoms with E-state index >= 15 is 0 Å². The highest BCUT2D eigenvalue weighted by Gasteiger charge is 2.32. The fraction of sp³-hybridized carbons (Fsp3) is 0.500. The molecular formula is C18H23F3N2O3. The van der Waals surface area contributed by atoms with Crippen LogP contribution in [0.1, 0.15) is 18.9 Å². The molecule has 1 fully saturated rings. The zero-order valence-electron chi connectivity index (χ0n) is 14.6. The molecule has 8 heteroatoms. The van der Waals surface area contributed by atoms with Gasteiger partial charge in [0, 0.05) is 13.1 Å². The molecule has 1 amide bonds. The molecule has 0 aliphatic carbocycles. The lowest BCUT2D eigenvalue weighted by atomic mass is 10.1. The van der Waals surface area contributed by atoms with E-state index in [2.05, 4.69) is 11.9 Å². The molecule has 0 aromatic heterocycles. The number of carbonyl (C=O) groups excluding carboxylic acids is 1. The van der Waals surface area contributed by atoms with Gasteiger partial charge in [-0.05, 0) is 31.5 Å². The van der Waals surface area contributed by atoms with Crippen molar-refractivity contribution in [1.29, 1.82) is 0 Å². The highest BCUT2D eigenvalue weighted by atomic mass is 19.4. The fourth-order valence-electron chi connectivity index (χ4n) is 2.53. The number of nitrogens with zero attached hydrogens (tertiary/aromatic N) is 1. The monoisotopic (exact) mass is 372 g/mol. The quantitative estimate of drug-likeness (QED) is 0.588. The van der Waals surface area contributed by atoms with Crippen LogP contribution in [0, 0.1) is 0 Å². The first-order valence-electron chi connectivity index (χ1n) is 8.40. The Kier molecular flexibility index (Phi) is 7.05. The van der Waals surface area contributed by atoms with Crippen LogP contribution in [0.15, 0.2) is 30.9 Å². The van der Waals surface area contributed by atoms with Crippen molar-refractivity contribution < 1.29 is 27.4 Å². The molecule has 1 aromatic carbocycles. The number of nitrogens with one attached hydrogen (secondary N) is 1. The molecule has 26 heavy (non-hydrogen) atoms. The summed E-state index contributed by atoms with van der Waals surface area (Å²) in [6, 6.07) is 3.36. The number of benzene rings is 1. The van der Waals surface area contributed by atoms with Crippen molar-refractivity contribution in [2.45, 2.75) is 25.6 Å². The maximum absolute atomic E-state index is 13.1. The predicted octanol–water partition coefficient (Wildman–Crippen LogP) is 3.46. The molecular weight excluding hydrogens is 349 g/mol. The molecule has 144 valence electrons. The third-order valence-electron chi connectivity index (χ3n) is 3.99. The van der Waals surface area contributed by atoms with Crippen molar-refractivity contribution >= 4 is 17.3 Å². The molecule has 1 saturated heterocycles. The van der Waals surface area contributed by atoms with Gasteiger partial charge in [-0.15, -0.1) is 6.58 Å². The third-order valence-corrected chi connectivity index (χ3v) is 3.99. The number of carbonyl (C=O) groups is 1. The predicted molar refractivity (Wildman–Crippen MR) is 93.3 cm³/mol. The molecule has 1 heterocycles. The molecule has 2 rings (SSSR count). The van der Waals surface area contributed by atoms with Crippen LogP contribution in [0.5, 0.6) is 0 Å². The summed E-state index contributed by atoms with van der Waals surface area (Å²) in [5.74, 6) is -0.497. The molecule has 0 saturated carbocycles. The average molecular weight is 372 g/mol. The number of anilines is 2. The van der Waals surface area contributed by atoms with Crippen LogP contribution in [0.3, 0.4) is 0 Å². The van der Waals surface area contributed by atoms with Crippen molar-refractivity contribution in [2.24, 2.45) is 0 Å². The summed E-state index contributed by atoms with van der Waals surface area (Å²) in [6.45, 7) is 7.48. The number of rotatable bonds is 7. The van der Waals surface area contributed by atoms with E-state index in [1.807, 2.05) is 4.90 Å². The maximum Gasteiger partial charge on any atom is 0.416 e. The Labute approximate surface area is 150 Å². The number of halogens is 3. The van der Waals surface area contributed by atoms with E-state index in [-0.39, 0.29) is 5.69 Å². The first kappa shape index (κ1) is 20.3. The van der Waals surface area contributed by atoms with Crippen LogP contribution in [0.2, 0.25) is 0 Å². The van der Waals surface area contributed by atoms with E-state index in [9.17, 15) is 18.0 Å². The molecule has 0 spiro atoms. The lowest BCUT2D eigenvalue weighted by Crippen LogP contribution is -2.37. The molecule has 5 nitrogen and oxygen atoms in total. The van der Waals surface area contributed by atoms with Crippen LogP contribution in [0.25, 0.3) is 0 Å². The first-order chi connectivity index (χ1) is 12.3. The summed E-state index contributed by atoms with van der Waals surface area (Å²) in [5.41, 5.74) is -0.163. The lowest BCUT2D eigenvalue weighted by molar-refractivity contribution is -0.137. The maximum atomic E-state index is 13.1. The Balaban J connectivity index is 2.21. The molecule has 1 unspecified atom stereocenters. The van der Waals surface area contributed by atoms with Gasteiger partial charge in [0.25, 0.3) is 5.91 Å². The Morgan fingerprint density at radius 2 is 2.12 bits per heavy atom. The van der Waals surface area contributed by atoms with Gasteiger partial charge in [-0.2, -0.15) is 13.2 Å². The number of hydrogen-bond donors (Lipinski definition) is 1. The number of amides is 1. The lowest BCUT2D eigenvalue weighted by Gasteiger charge is -2.31. The van der Waals surface area contributed by atoms with E-state index < -0.39 is 23.8 Å². The molecule has 1 atom stereocenters. The van der Waals surface area contributed by atoms with Crippen LogP contribution >= 0.6 is 0 Å². The highest BCUT2D eigenvalue weighted by molar-refractivity contribution is 5.97. The van der Waals surface area contributed by atoms with Crippen molar-refractivity contribution in [3.8, 4) is 0 Å². The first-order valence-corrected chi connectivity index (χ1v) is 8.40. The van der Waals surface area contributed by atoms with Gasteiger partial charge in [-0.25, -0.2) is 0 Å². The van der Waals surface area contributed by atoms with Crippen LogP contribution in [-0.4, -0.2) is 44.9 Å². The van der Waals surface area contributed by atoms with Crippen LogP contribution < -0.4 is 10.2 Å². The summed E-state index contributed by atoms with van der Waals surface area (Å²) in [7, 11) is 0. The van der Waals surface area contributed by atoms with Gasteiger partial charge in [0.2, 0.25) is 0 Å². The molecule has 1 N–H and O–H groups in total. The van der Waals surface area contributed by atoms with Gasteiger partial charge in [0.1, 0.15) is 6.10 Å². The summed E-state index contributed by atoms with van der Waals surface area (Å²) in [5, 5.41) is 2.57. The van der Waals surface area contributed by atoms with Crippen molar-refractivity contribution in [3.05, 3.63) is 36.4 Å². The standard InChI is InChI=1S/C18H23F3N2O3/c1-3-4-9-26-13(2)17(24)22-15-12-14(18(19,20)21)5-6-16(15)23-7-10-25-11-8-23/h3,5-6,12-13H,1,4,7-11H2,2H3,(H,22,24). The second-order valence-electron chi connectivity index (χ2n) is 5.91. The molecule has 0 radical (unpaired) electrons.